The van der Waals surface area contributed by atoms with Gasteiger partial charge >= 0.3 is 11.9 Å². The molecule has 1 amide bonds. The molecule has 5 heterocycles. The van der Waals surface area contributed by atoms with Crippen molar-refractivity contribution in [1.29, 1.82) is 0 Å². The minimum absolute atomic E-state index is 0.101. The Bertz CT molecular complexity index is 1840. The number of benzene rings is 2. The van der Waals surface area contributed by atoms with Crippen LogP contribution in [-0.4, -0.2) is 75.3 Å². The third-order valence-corrected chi connectivity index (χ3v) is 9.91. The third kappa shape index (κ3) is 4.09. The first-order valence-corrected chi connectivity index (χ1v) is 14.5. The molecule has 3 aliphatic rings. The summed E-state index contributed by atoms with van der Waals surface area (Å²) in [7, 11) is 1.56. The molecule has 4 aromatic rings. The second-order valence-electron chi connectivity index (χ2n) is 11.2. The molecule has 7 rings (SSSR count). The van der Waals surface area contributed by atoms with E-state index in [2.05, 4.69) is 10.1 Å². The molecule has 0 saturated carbocycles. The standard InChI is InChI=1S/C28H26F4N6O3S/c1-15(39)36-5-7-37(8-6-36)25-17-9-18(28(30,31)32)20(21-19(29)4-3-16-10-33-35(2)22(16)21)24-23(17)38(26(40)34-25)11-27(14-42-24)12-41-13-27/h3-4,9-10H,5-8,11-14H2,1-2H3. The van der Waals surface area contributed by atoms with Crippen LogP contribution in [0.15, 0.2) is 34.1 Å². The number of alkyl halides is 3. The summed E-state index contributed by atoms with van der Waals surface area (Å²) in [5.41, 5.74) is -2.06. The van der Waals surface area contributed by atoms with E-state index < -0.39 is 28.7 Å². The Morgan fingerprint density at radius 3 is 2.48 bits per heavy atom. The number of carbonyl (C=O) groups excluding carboxylic acids is 1. The fourth-order valence-electron chi connectivity index (χ4n) is 6.28. The van der Waals surface area contributed by atoms with Crippen molar-refractivity contribution in [2.75, 3.05) is 50.0 Å². The molecule has 0 radical (unpaired) electrons. The number of amides is 1. The van der Waals surface area contributed by atoms with E-state index in [0.717, 1.165) is 12.1 Å². The van der Waals surface area contributed by atoms with Gasteiger partial charge in [-0.05, 0) is 18.2 Å². The average Bonchev–Trinajstić information content (AvgIpc) is 3.19. The summed E-state index contributed by atoms with van der Waals surface area (Å²) >= 11 is 1.20. The highest BCUT2D eigenvalue weighted by Crippen LogP contribution is 2.52. The third-order valence-electron chi connectivity index (χ3n) is 8.46. The first-order valence-electron chi connectivity index (χ1n) is 13.5. The number of hydrogen-bond donors (Lipinski definition) is 0. The summed E-state index contributed by atoms with van der Waals surface area (Å²) in [5.74, 6) is -0.404. The van der Waals surface area contributed by atoms with E-state index in [1.165, 1.54) is 40.2 Å². The fourth-order valence-corrected chi connectivity index (χ4v) is 7.70. The summed E-state index contributed by atoms with van der Waals surface area (Å²) in [6.07, 6.45) is -3.38. The molecule has 220 valence electrons. The minimum Gasteiger partial charge on any atom is -0.380 e. The normalized spacial score (nSPS) is 18.5. The zero-order chi connectivity index (χ0) is 29.6. The molecule has 42 heavy (non-hydrogen) atoms. The van der Waals surface area contributed by atoms with Gasteiger partial charge in [-0.1, -0.05) is 0 Å². The molecular weight excluding hydrogens is 576 g/mol. The fraction of sp³-hybridized carbons (Fsp3) is 0.429. The first kappa shape index (κ1) is 27.2. The number of aryl methyl sites for hydroxylation is 1. The number of thioether (sulfide) groups is 1. The number of fused-ring (bicyclic) bond motifs is 1. The Morgan fingerprint density at radius 2 is 1.83 bits per heavy atom. The number of nitrogens with zero attached hydrogens (tertiary/aromatic N) is 6. The predicted octanol–water partition coefficient (Wildman–Crippen LogP) is 3.90. The Balaban J connectivity index is 1.57. The number of ether oxygens (including phenoxy) is 1. The number of halogens is 4. The maximum Gasteiger partial charge on any atom is 0.417 e. The number of anilines is 1. The smallest absolute Gasteiger partial charge is 0.380 e. The van der Waals surface area contributed by atoms with Gasteiger partial charge in [-0.25, -0.2) is 9.18 Å². The van der Waals surface area contributed by atoms with Crippen molar-refractivity contribution >= 4 is 45.3 Å². The Morgan fingerprint density at radius 1 is 1.10 bits per heavy atom. The maximum atomic E-state index is 15.8. The summed E-state index contributed by atoms with van der Waals surface area (Å²) < 4.78 is 69.3. The van der Waals surface area contributed by atoms with Crippen LogP contribution in [0.2, 0.25) is 0 Å². The van der Waals surface area contributed by atoms with Gasteiger partial charge < -0.3 is 14.5 Å². The van der Waals surface area contributed by atoms with E-state index in [-0.39, 0.29) is 45.2 Å². The van der Waals surface area contributed by atoms with E-state index in [4.69, 9.17) is 4.74 Å². The van der Waals surface area contributed by atoms with E-state index in [1.54, 1.807) is 16.8 Å². The largest absolute Gasteiger partial charge is 0.417 e. The van der Waals surface area contributed by atoms with Crippen LogP contribution in [0, 0.1) is 11.2 Å². The quantitative estimate of drug-likeness (QED) is 0.322. The molecular formula is C28H26F4N6O3S. The van der Waals surface area contributed by atoms with Gasteiger partial charge in [0.2, 0.25) is 5.91 Å². The van der Waals surface area contributed by atoms with Crippen molar-refractivity contribution in [3.8, 4) is 11.1 Å². The lowest BCUT2D eigenvalue weighted by atomic mass is 9.88. The van der Waals surface area contributed by atoms with Crippen LogP contribution >= 0.6 is 11.8 Å². The summed E-state index contributed by atoms with van der Waals surface area (Å²) in [6.45, 7) is 3.69. The van der Waals surface area contributed by atoms with Crippen molar-refractivity contribution in [3.63, 3.8) is 0 Å². The molecule has 0 atom stereocenters. The number of piperazine rings is 1. The van der Waals surface area contributed by atoms with Crippen molar-refractivity contribution in [3.05, 3.63) is 46.3 Å². The van der Waals surface area contributed by atoms with E-state index in [0.29, 0.717) is 56.0 Å². The maximum absolute atomic E-state index is 15.8. The van der Waals surface area contributed by atoms with Crippen molar-refractivity contribution in [2.45, 2.75) is 24.5 Å². The lowest BCUT2D eigenvalue weighted by Gasteiger charge is -2.40. The van der Waals surface area contributed by atoms with Crippen LogP contribution in [-0.2, 0) is 29.3 Å². The van der Waals surface area contributed by atoms with E-state index in [9.17, 15) is 9.59 Å². The lowest BCUT2D eigenvalue weighted by molar-refractivity contribution is -0.137. The van der Waals surface area contributed by atoms with Crippen LogP contribution < -0.4 is 10.6 Å². The zero-order valence-electron chi connectivity index (χ0n) is 22.8. The summed E-state index contributed by atoms with van der Waals surface area (Å²) in [5, 5.41) is 4.84. The van der Waals surface area contributed by atoms with Gasteiger partial charge in [0.25, 0.3) is 0 Å². The molecule has 0 bridgehead atoms. The summed E-state index contributed by atoms with van der Waals surface area (Å²) in [6, 6.07) is 3.65. The first-order chi connectivity index (χ1) is 20.0. The minimum atomic E-state index is -4.86. The molecule has 0 aliphatic carbocycles. The number of carbonyl (C=O) groups is 1. The van der Waals surface area contributed by atoms with Gasteiger partial charge in [-0.2, -0.15) is 23.3 Å². The van der Waals surface area contributed by atoms with E-state index >= 15 is 17.6 Å². The van der Waals surface area contributed by atoms with Gasteiger partial charge in [-0.3, -0.25) is 14.0 Å². The molecule has 2 saturated heterocycles. The van der Waals surface area contributed by atoms with E-state index in [1.807, 2.05) is 0 Å². The zero-order valence-corrected chi connectivity index (χ0v) is 23.6. The lowest BCUT2D eigenvalue weighted by Crippen LogP contribution is -2.50. The van der Waals surface area contributed by atoms with Crippen LogP contribution in [0.3, 0.4) is 0 Å². The molecule has 2 aromatic heterocycles. The molecule has 0 unspecified atom stereocenters. The summed E-state index contributed by atoms with van der Waals surface area (Å²) in [4.78, 5) is 33.5. The van der Waals surface area contributed by atoms with Crippen LogP contribution in [0.1, 0.15) is 12.5 Å². The highest BCUT2D eigenvalue weighted by molar-refractivity contribution is 7.99. The molecule has 2 aromatic carbocycles. The number of hydrogen-bond acceptors (Lipinski definition) is 7. The van der Waals surface area contributed by atoms with Crippen LogP contribution in [0.5, 0.6) is 0 Å². The topological polar surface area (TPSA) is 85.5 Å². The Labute approximate surface area is 241 Å². The Kier molecular flexibility index (Phi) is 6.11. The van der Waals surface area contributed by atoms with Crippen molar-refractivity contribution < 1.29 is 27.1 Å². The van der Waals surface area contributed by atoms with Gasteiger partial charge in [0.15, 0.2) is 0 Å². The number of rotatable bonds is 2. The van der Waals surface area contributed by atoms with Crippen molar-refractivity contribution in [1.82, 2.24) is 24.2 Å². The monoisotopic (exact) mass is 602 g/mol. The molecule has 9 nitrogen and oxygen atoms in total. The van der Waals surface area contributed by atoms with Crippen LogP contribution in [0.4, 0.5) is 23.4 Å². The van der Waals surface area contributed by atoms with Gasteiger partial charge in [0, 0.05) is 84.7 Å². The molecule has 3 aliphatic heterocycles. The SMILES string of the molecule is CC(=O)N1CCN(c2nc(=O)n3c4c(c(-c5c(F)ccc6cnn(C)c56)c(C(F)(F)F)cc24)SCC2(COC2)C3)CC1. The Hall–Kier alpha value is -3.65. The van der Waals surface area contributed by atoms with Crippen LogP contribution in [0.25, 0.3) is 32.9 Å². The highest BCUT2D eigenvalue weighted by Gasteiger charge is 2.45. The van der Waals surface area contributed by atoms with Gasteiger partial charge in [-0.15, -0.1) is 11.8 Å². The second kappa shape index (κ2) is 9.43. The average molecular weight is 603 g/mol. The number of aromatic nitrogens is 4. The predicted molar refractivity (Wildman–Crippen MR) is 149 cm³/mol. The highest BCUT2D eigenvalue weighted by atomic mass is 32.2. The molecule has 14 heteroatoms. The van der Waals surface area contributed by atoms with Gasteiger partial charge in [0.05, 0.1) is 36.0 Å². The van der Waals surface area contributed by atoms with Gasteiger partial charge in [0.1, 0.15) is 11.6 Å². The molecule has 2 fully saturated rings. The van der Waals surface area contributed by atoms with Crippen molar-refractivity contribution in [2.24, 2.45) is 12.5 Å². The second-order valence-corrected chi connectivity index (χ2v) is 12.2. The molecule has 0 N–H and O–H groups in total. The molecule has 1 spiro atoms.